The van der Waals surface area contributed by atoms with E-state index in [1.54, 1.807) is 6.20 Å². The number of aryl methyl sites for hydroxylation is 1. The minimum atomic E-state index is -5.08. The standard InChI is InChI=1S/C31H36F4N8O2/c1-17(36)3-2-4-18-11-23(27(32)26(13-18)45-31(33,34)35)25-14-21-16-43(30(44)42-28(21)41-25)22-7-5-20(6-8-22)24-12-19(15-40-24)9-10-39-29(37)38/h5-8,11,13-14,16-17,19,24,40H,2-4,9-10,12,15,36H2,1H3,(H4,37,38,39)(H,41,42,44)/t17-,19?,24-/m0/s1. The van der Waals surface area contributed by atoms with Gasteiger partial charge >= 0.3 is 12.1 Å². The molecule has 1 aliphatic rings. The van der Waals surface area contributed by atoms with E-state index in [0.717, 1.165) is 31.0 Å². The Hall–Kier alpha value is -4.43. The molecule has 0 bridgehead atoms. The average Bonchev–Trinajstić information content (AvgIpc) is 3.60. The molecule has 240 valence electrons. The van der Waals surface area contributed by atoms with Gasteiger partial charge in [-0.3, -0.25) is 9.98 Å². The van der Waals surface area contributed by atoms with Crippen molar-refractivity contribution in [1.29, 1.82) is 5.41 Å². The molecule has 3 atom stereocenters. The first kappa shape index (κ1) is 32.0. The normalized spacial score (nSPS) is 17.5. The topological polar surface area (TPSA) is 160 Å². The van der Waals surface area contributed by atoms with Gasteiger partial charge in [0.25, 0.3) is 0 Å². The molecule has 0 radical (unpaired) electrons. The molecule has 14 heteroatoms. The second kappa shape index (κ2) is 13.3. The van der Waals surface area contributed by atoms with Crippen molar-refractivity contribution >= 4 is 17.0 Å². The van der Waals surface area contributed by atoms with Gasteiger partial charge in [-0.2, -0.15) is 4.98 Å². The number of alkyl halides is 3. The molecule has 8 N–H and O–H groups in total. The van der Waals surface area contributed by atoms with Crippen molar-refractivity contribution in [3.63, 3.8) is 0 Å². The summed E-state index contributed by atoms with van der Waals surface area (Å²) < 4.78 is 60.0. The fourth-order valence-electron chi connectivity index (χ4n) is 5.71. The first-order chi connectivity index (χ1) is 21.4. The Labute approximate surface area is 256 Å². The van der Waals surface area contributed by atoms with Gasteiger partial charge in [0.1, 0.15) is 5.65 Å². The predicted octanol–water partition coefficient (Wildman–Crippen LogP) is 4.61. The van der Waals surface area contributed by atoms with Crippen LogP contribution in [0.4, 0.5) is 17.6 Å². The van der Waals surface area contributed by atoms with Gasteiger partial charge in [0.15, 0.2) is 17.5 Å². The van der Waals surface area contributed by atoms with Crippen LogP contribution >= 0.6 is 0 Å². The summed E-state index contributed by atoms with van der Waals surface area (Å²) >= 11 is 0. The minimum absolute atomic E-state index is 0.0401. The number of aromatic nitrogens is 3. The molecule has 0 spiro atoms. The van der Waals surface area contributed by atoms with E-state index in [2.05, 4.69) is 25.3 Å². The molecule has 5 rings (SSSR count). The maximum atomic E-state index is 15.4. The van der Waals surface area contributed by atoms with E-state index in [-0.39, 0.29) is 34.9 Å². The van der Waals surface area contributed by atoms with E-state index in [0.29, 0.717) is 48.4 Å². The highest BCUT2D eigenvalue weighted by atomic mass is 19.4. The lowest BCUT2D eigenvalue weighted by Gasteiger charge is -2.14. The zero-order valence-electron chi connectivity index (χ0n) is 24.7. The lowest BCUT2D eigenvalue weighted by atomic mass is 9.97. The highest BCUT2D eigenvalue weighted by molar-refractivity contribution is 5.83. The number of fused-ring (bicyclic) bond motifs is 1. The highest BCUT2D eigenvalue weighted by Crippen LogP contribution is 2.35. The molecule has 1 saturated heterocycles. The van der Waals surface area contributed by atoms with Gasteiger partial charge < -0.3 is 31.8 Å². The summed E-state index contributed by atoms with van der Waals surface area (Å²) in [4.78, 5) is 20.0. The number of benzene rings is 2. The van der Waals surface area contributed by atoms with E-state index < -0.39 is 23.6 Å². The third kappa shape index (κ3) is 8.00. The number of H-pyrrole nitrogens is 1. The van der Waals surface area contributed by atoms with E-state index in [1.807, 2.05) is 31.2 Å². The highest BCUT2D eigenvalue weighted by Gasteiger charge is 2.33. The molecule has 0 amide bonds. The van der Waals surface area contributed by atoms with E-state index in [4.69, 9.17) is 16.9 Å². The number of aromatic amines is 1. The fraction of sp³-hybridized carbons (Fsp3) is 0.387. The third-order valence-electron chi connectivity index (χ3n) is 7.91. The van der Waals surface area contributed by atoms with Gasteiger partial charge in [-0.1, -0.05) is 12.1 Å². The van der Waals surface area contributed by atoms with Crippen molar-refractivity contribution in [3.05, 3.63) is 76.1 Å². The quantitative estimate of drug-likeness (QED) is 0.0804. The second-order valence-electron chi connectivity index (χ2n) is 11.5. The lowest BCUT2D eigenvalue weighted by molar-refractivity contribution is -0.275. The molecular weight excluding hydrogens is 592 g/mol. The summed E-state index contributed by atoms with van der Waals surface area (Å²) in [5.74, 6) is -1.71. The van der Waals surface area contributed by atoms with Crippen molar-refractivity contribution in [2.24, 2.45) is 17.4 Å². The summed E-state index contributed by atoms with van der Waals surface area (Å²) in [6.45, 7) is 3.32. The van der Waals surface area contributed by atoms with Gasteiger partial charge in [0.05, 0.1) is 11.4 Å². The Morgan fingerprint density at radius 2 is 2.00 bits per heavy atom. The molecule has 3 heterocycles. The largest absolute Gasteiger partial charge is 0.573 e. The van der Waals surface area contributed by atoms with Gasteiger partial charge in [-0.05, 0) is 92.9 Å². The zero-order valence-corrected chi connectivity index (χ0v) is 24.7. The number of ether oxygens (including phenoxy) is 1. The summed E-state index contributed by atoms with van der Waals surface area (Å²) in [5.41, 5.74) is 12.9. The Kier molecular flexibility index (Phi) is 9.44. The Morgan fingerprint density at radius 3 is 2.69 bits per heavy atom. The van der Waals surface area contributed by atoms with E-state index in [1.165, 1.54) is 16.7 Å². The van der Waals surface area contributed by atoms with Crippen molar-refractivity contribution in [3.8, 4) is 22.7 Å². The first-order valence-corrected chi connectivity index (χ1v) is 14.7. The molecule has 2 aromatic heterocycles. The molecule has 0 saturated carbocycles. The molecule has 10 nitrogen and oxygen atoms in total. The second-order valence-corrected chi connectivity index (χ2v) is 11.5. The van der Waals surface area contributed by atoms with Crippen molar-refractivity contribution in [1.82, 2.24) is 25.2 Å². The third-order valence-corrected chi connectivity index (χ3v) is 7.91. The number of nitrogens with two attached hydrogens (primary N) is 2. The summed E-state index contributed by atoms with van der Waals surface area (Å²) in [6.07, 6.45) is -0.0939. The lowest BCUT2D eigenvalue weighted by Crippen LogP contribution is -2.32. The Bertz CT molecular complexity index is 1720. The van der Waals surface area contributed by atoms with Gasteiger partial charge in [-0.25, -0.2) is 9.18 Å². The van der Waals surface area contributed by atoms with E-state index >= 15 is 4.39 Å². The number of nitrogens with zero attached hydrogens (tertiary/aromatic N) is 2. The molecule has 0 aliphatic carbocycles. The van der Waals surface area contributed by atoms with Crippen molar-refractivity contribution in [2.45, 2.75) is 57.5 Å². The number of hydrogen-bond acceptors (Lipinski definition) is 6. The van der Waals surface area contributed by atoms with Crippen LogP contribution in [0.2, 0.25) is 0 Å². The first-order valence-electron chi connectivity index (χ1n) is 14.7. The van der Waals surface area contributed by atoms with Crippen molar-refractivity contribution < 1.29 is 22.3 Å². The molecule has 1 unspecified atom stereocenters. The number of hydrogen-bond donors (Lipinski definition) is 6. The number of nitrogens with one attached hydrogen (secondary N) is 4. The molecule has 1 fully saturated rings. The average molecular weight is 629 g/mol. The molecule has 4 aromatic rings. The Morgan fingerprint density at radius 1 is 1.24 bits per heavy atom. The van der Waals surface area contributed by atoms with Crippen LogP contribution in [0.3, 0.4) is 0 Å². The number of guanidine groups is 1. The zero-order chi connectivity index (χ0) is 32.3. The van der Waals surface area contributed by atoms with Crippen LogP contribution in [0.5, 0.6) is 5.75 Å². The van der Waals surface area contributed by atoms with Crippen molar-refractivity contribution in [2.75, 3.05) is 13.1 Å². The molecule has 2 aromatic carbocycles. The van der Waals surface area contributed by atoms with Gasteiger partial charge in [0.2, 0.25) is 0 Å². The number of rotatable bonds is 11. The van der Waals surface area contributed by atoms with Crippen LogP contribution < -0.4 is 32.5 Å². The molecular formula is C31H36F4N8O2. The molecule has 1 aliphatic heterocycles. The van der Waals surface area contributed by atoms with E-state index in [9.17, 15) is 18.0 Å². The summed E-state index contributed by atoms with van der Waals surface area (Å²) in [7, 11) is 0. The van der Waals surface area contributed by atoms with Crippen LogP contribution in [0.1, 0.15) is 49.8 Å². The van der Waals surface area contributed by atoms with Crippen LogP contribution in [-0.4, -0.2) is 46.0 Å². The number of halogens is 4. The molecule has 45 heavy (non-hydrogen) atoms. The van der Waals surface area contributed by atoms with Crippen LogP contribution in [0.25, 0.3) is 28.0 Å². The Balaban J connectivity index is 1.39. The predicted molar refractivity (Wildman–Crippen MR) is 164 cm³/mol. The van der Waals surface area contributed by atoms with Gasteiger partial charge in [-0.15, -0.1) is 13.2 Å². The minimum Gasteiger partial charge on any atom is -0.403 e. The maximum Gasteiger partial charge on any atom is 0.573 e. The monoisotopic (exact) mass is 628 g/mol. The van der Waals surface area contributed by atoms with Crippen LogP contribution in [0.15, 0.2) is 53.5 Å². The maximum absolute atomic E-state index is 15.4. The van der Waals surface area contributed by atoms with Gasteiger partial charge in [0, 0.05) is 35.8 Å². The summed E-state index contributed by atoms with van der Waals surface area (Å²) in [6, 6.07) is 11.6. The van der Waals surface area contributed by atoms with Crippen LogP contribution in [-0.2, 0) is 6.42 Å². The summed E-state index contributed by atoms with van der Waals surface area (Å²) in [5, 5.41) is 14.1. The SMILES string of the molecule is C[C@H](N)CCCc1cc(OC(F)(F)F)c(F)c(-c2cc3cn(-c4ccc([C@@H]5CC(CCNC(=N)N)CN5)cc4)c(=O)nc3[nH]2)c1. The van der Waals surface area contributed by atoms with Crippen LogP contribution in [0, 0.1) is 17.1 Å². The fourth-order valence-corrected chi connectivity index (χ4v) is 5.71. The smallest absolute Gasteiger partial charge is 0.403 e.